The van der Waals surface area contributed by atoms with Crippen molar-refractivity contribution in [2.45, 2.75) is 31.6 Å². The predicted molar refractivity (Wildman–Crippen MR) is 242 cm³/mol. The second-order valence-corrected chi connectivity index (χ2v) is 16.7. The number of rotatable bonds is 5. The Kier molecular flexibility index (Phi) is 7.17. The van der Waals surface area contributed by atoms with Crippen LogP contribution in [0.5, 0.6) is 0 Å². The summed E-state index contributed by atoms with van der Waals surface area (Å²) in [5.41, 5.74) is 21.6. The Hall–Kier alpha value is -6.96. The van der Waals surface area contributed by atoms with E-state index in [9.17, 15) is 0 Å². The second-order valence-electron chi connectivity index (χ2n) is 16.7. The number of furan rings is 1. The molecule has 0 spiro atoms. The van der Waals surface area contributed by atoms with Gasteiger partial charge in [-0.3, -0.25) is 0 Å². The average Bonchev–Trinajstić information content (AvgIpc) is 3.92. The molecule has 0 N–H and O–H groups in total. The van der Waals surface area contributed by atoms with Crippen LogP contribution in [0.1, 0.15) is 58.7 Å². The molecule has 0 saturated heterocycles. The van der Waals surface area contributed by atoms with Gasteiger partial charge in [0.2, 0.25) is 0 Å². The van der Waals surface area contributed by atoms with Crippen molar-refractivity contribution < 1.29 is 4.42 Å². The number of benzene rings is 9. The van der Waals surface area contributed by atoms with Crippen molar-refractivity contribution in [2.24, 2.45) is 0 Å². The van der Waals surface area contributed by atoms with Crippen molar-refractivity contribution in [3.05, 3.63) is 227 Å². The van der Waals surface area contributed by atoms with Crippen LogP contribution >= 0.6 is 0 Å². The summed E-state index contributed by atoms with van der Waals surface area (Å²) in [6, 6.07) is 69.8. The number of para-hydroxylation sites is 2. The molecule has 0 aliphatic heterocycles. The molecule has 274 valence electrons. The van der Waals surface area contributed by atoms with Gasteiger partial charge in [-0.1, -0.05) is 190 Å². The quantitative estimate of drug-likeness (QED) is 0.160. The fourth-order valence-electron chi connectivity index (χ4n) is 10.5. The lowest BCUT2D eigenvalue weighted by atomic mass is 9.77. The van der Waals surface area contributed by atoms with E-state index in [4.69, 9.17) is 4.42 Å². The van der Waals surface area contributed by atoms with Crippen molar-refractivity contribution in [1.82, 2.24) is 0 Å². The topological polar surface area (TPSA) is 13.1 Å². The van der Waals surface area contributed by atoms with Gasteiger partial charge in [-0.2, -0.15) is 0 Å². The van der Waals surface area contributed by atoms with Crippen LogP contribution in [0, 0.1) is 0 Å². The molecule has 0 bridgehead atoms. The highest BCUT2D eigenvalue weighted by atomic mass is 16.3. The smallest absolute Gasteiger partial charge is 0.143 e. The van der Waals surface area contributed by atoms with Crippen LogP contribution in [0.3, 0.4) is 0 Å². The summed E-state index contributed by atoms with van der Waals surface area (Å²) in [5, 5.41) is 4.82. The fourth-order valence-corrected chi connectivity index (χ4v) is 10.5. The highest BCUT2D eigenvalue weighted by Crippen LogP contribution is 2.53. The number of hydrogen-bond donors (Lipinski definition) is 0. The third-order valence-corrected chi connectivity index (χ3v) is 13.3. The van der Waals surface area contributed by atoms with Crippen molar-refractivity contribution >= 4 is 32.7 Å². The van der Waals surface area contributed by atoms with E-state index < -0.39 is 0 Å². The van der Waals surface area contributed by atoms with Crippen LogP contribution in [0.25, 0.3) is 77.2 Å². The summed E-state index contributed by atoms with van der Waals surface area (Å²) >= 11 is 0. The Morgan fingerprint density at radius 3 is 1.98 bits per heavy atom. The van der Waals surface area contributed by atoms with E-state index in [1.165, 1.54) is 88.7 Å². The molecular weight excluding hydrogens is 701 g/mol. The molecule has 0 radical (unpaired) electrons. The molecule has 9 aromatic carbocycles. The van der Waals surface area contributed by atoms with Crippen molar-refractivity contribution in [3.8, 4) is 44.5 Å². The SMILES string of the molecule is CC1(C)c2ccccc2-c2ccc(C(c3ccc(-c4ccccc4)cc3)c3cccc4c3Cc3c-4cc4ccccc4c3-c3cccc4c3oc3ccccc34)cc21. The zero-order valence-corrected chi connectivity index (χ0v) is 32.6. The van der Waals surface area contributed by atoms with E-state index >= 15 is 0 Å². The summed E-state index contributed by atoms with van der Waals surface area (Å²) in [5.74, 6) is 0.0376. The average molecular weight is 741 g/mol. The van der Waals surface area contributed by atoms with Gasteiger partial charge in [0.05, 0.1) is 0 Å². The molecule has 0 saturated carbocycles. The Morgan fingerprint density at radius 1 is 0.448 bits per heavy atom. The minimum absolute atomic E-state index is 0.0376. The van der Waals surface area contributed by atoms with Crippen molar-refractivity contribution in [3.63, 3.8) is 0 Å². The molecule has 58 heavy (non-hydrogen) atoms. The Bertz CT molecular complexity index is 3270. The molecule has 1 aromatic heterocycles. The normalized spacial score (nSPS) is 14.0. The molecule has 2 aliphatic carbocycles. The van der Waals surface area contributed by atoms with E-state index in [1.54, 1.807) is 0 Å². The molecule has 12 rings (SSSR count). The molecule has 2 aliphatic rings. The zero-order chi connectivity index (χ0) is 38.5. The Labute approximate surface area is 338 Å². The number of fused-ring (bicyclic) bond motifs is 10. The summed E-state index contributed by atoms with van der Waals surface area (Å²) in [7, 11) is 0. The summed E-state index contributed by atoms with van der Waals surface area (Å²) in [4.78, 5) is 0. The first-order valence-corrected chi connectivity index (χ1v) is 20.5. The summed E-state index contributed by atoms with van der Waals surface area (Å²) in [6.07, 6.45) is 0.845. The molecule has 0 fully saturated rings. The largest absolute Gasteiger partial charge is 0.455 e. The lowest BCUT2D eigenvalue weighted by molar-refractivity contribution is 0.659. The standard InChI is InChI=1S/C57H40O/c1-57(2)51-24-10-8-18-42(51)43-31-30-39(33-52(43)57)54(37-28-26-36(27-29-37)35-14-4-3-5-15-35)45-21-12-20-41-48-32-38-16-6-7-17-40(38)55(50(48)34-49(41)45)47-23-13-22-46-44-19-9-11-25-53(44)58-56(46)47/h3-33,54H,34H2,1-2H3. The zero-order valence-electron chi connectivity index (χ0n) is 32.6. The van der Waals surface area contributed by atoms with E-state index in [2.05, 4.69) is 202 Å². The highest BCUT2D eigenvalue weighted by Gasteiger charge is 2.37. The van der Waals surface area contributed by atoms with Gasteiger partial charge in [-0.15, -0.1) is 0 Å². The maximum Gasteiger partial charge on any atom is 0.143 e. The lowest BCUT2D eigenvalue weighted by Crippen LogP contribution is -2.16. The Morgan fingerprint density at radius 2 is 1.10 bits per heavy atom. The molecule has 1 heterocycles. The van der Waals surface area contributed by atoms with Gasteiger partial charge in [0, 0.05) is 27.7 Å². The predicted octanol–water partition coefficient (Wildman–Crippen LogP) is 15.1. The van der Waals surface area contributed by atoms with E-state index in [0.29, 0.717) is 0 Å². The third-order valence-electron chi connectivity index (χ3n) is 13.3. The minimum Gasteiger partial charge on any atom is -0.455 e. The van der Waals surface area contributed by atoms with Crippen LogP contribution in [-0.2, 0) is 11.8 Å². The van der Waals surface area contributed by atoms with E-state index in [1.807, 2.05) is 0 Å². The monoisotopic (exact) mass is 740 g/mol. The molecule has 1 nitrogen and oxygen atoms in total. The first-order valence-electron chi connectivity index (χ1n) is 20.5. The molecule has 1 heteroatoms. The van der Waals surface area contributed by atoms with Crippen molar-refractivity contribution in [2.75, 3.05) is 0 Å². The van der Waals surface area contributed by atoms with Gasteiger partial charge in [0.15, 0.2) is 0 Å². The van der Waals surface area contributed by atoms with E-state index in [0.717, 1.165) is 33.9 Å². The first-order chi connectivity index (χ1) is 28.5. The van der Waals surface area contributed by atoms with Gasteiger partial charge in [0.1, 0.15) is 11.2 Å². The molecule has 0 amide bonds. The maximum atomic E-state index is 6.72. The van der Waals surface area contributed by atoms with Crippen molar-refractivity contribution in [1.29, 1.82) is 0 Å². The molecular formula is C57H40O. The van der Waals surface area contributed by atoms with Gasteiger partial charge < -0.3 is 4.42 Å². The van der Waals surface area contributed by atoms with Crippen LogP contribution in [0.15, 0.2) is 192 Å². The van der Waals surface area contributed by atoms with Crippen LogP contribution in [0.2, 0.25) is 0 Å². The summed E-state index contributed by atoms with van der Waals surface area (Å²) < 4.78 is 6.72. The highest BCUT2D eigenvalue weighted by molar-refractivity contribution is 6.14. The fraction of sp³-hybridized carbons (Fsp3) is 0.0877. The van der Waals surface area contributed by atoms with E-state index in [-0.39, 0.29) is 11.3 Å². The van der Waals surface area contributed by atoms with Crippen LogP contribution < -0.4 is 0 Å². The number of hydrogen-bond acceptors (Lipinski definition) is 1. The van der Waals surface area contributed by atoms with Gasteiger partial charge in [-0.05, 0) is 107 Å². The minimum atomic E-state index is -0.0921. The maximum absolute atomic E-state index is 6.72. The third kappa shape index (κ3) is 4.83. The molecule has 10 aromatic rings. The van der Waals surface area contributed by atoms with Gasteiger partial charge in [-0.25, -0.2) is 0 Å². The summed E-state index contributed by atoms with van der Waals surface area (Å²) in [6.45, 7) is 4.77. The van der Waals surface area contributed by atoms with Crippen LogP contribution in [0.4, 0.5) is 0 Å². The lowest BCUT2D eigenvalue weighted by Gasteiger charge is -2.26. The second kappa shape index (κ2) is 12.5. The van der Waals surface area contributed by atoms with Gasteiger partial charge in [0.25, 0.3) is 0 Å². The van der Waals surface area contributed by atoms with Crippen LogP contribution in [-0.4, -0.2) is 0 Å². The molecule has 1 unspecified atom stereocenters. The molecule has 1 atom stereocenters. The van der Waals surface area contributed by atoms with Gasteiger partial charge >= 0.3 is 0 Å². The Balaban J connectivity index is 1.07. The first kappa shape index (κ1) is 33.2.